The lowest BCUT2D eigenvalue weighted by Crippen LogP contribution is -2.42. The van der Waals surface area contributed by atoms with Crippen LogP contribution in [0.5, 0.6) is 11.5 Å². The van der Waals surface area contributed by atoms with Crippen LogP contribution in [0.25, 0.3) is 10.8 Å². The minimum atomic E-state index is -0.664. The van der Waals surface area contributed by atoms with Crippen LogP contribution >= 0.6 is 0 Å². The van der Waals surface area contributed by atoms with E-state index in [4.69, 9.17) is 9.47 Å². The third-order valence-corrected chi connectivity index (χ3v) is 4.28. The molecule has 162 valence electrons. The smallest absolute Gasteiger partial charge is 0.290 e. The summed E-state index contributed by atoms with van der Waals surface area (Å²) in [5.74, 6) is 0.113. The van der Waals surface area contributed by atoms with Crippen LogP contribution in [0, 0.1) is 5.92 Å². The van der Waals surface area contributed by atoms with Crippen molar-refractivity contribution in [3.8, 4) is 11.5 Å². The fourth-order valence-electron chi connectivity index (χ4n) is 2.83. The molecule has 0 unspecified atom stereocenters. The van der Waals surface area contributed by atoms with Crippen LogP contribution in [0.1, 0.15) is 41.6 Å². The molecule has 0 fully saturated rings. The van der Waals surface area contributed by atoms with Crippen molar-refractivity contribution in [2.75, 3.05) is 13.2 Å². The van der Waals surface area contributed by atoms with Gasteiger partial charge in [0.25, 0.3) is 17.4 Å². The molecule has 2 aromatic carbocycles. The van der Waals surface area contributed by atoms with Gasteiger partial charge in [-0.25, -0.2) is 5.10 Å². The molecule has 0 aliphatic heterocycles. The number of H-pyrrole nitrogens is 1. The van der Waals surface area contributed by atoms with Crippen LogP contribution in [-0.4, -0.2) is 35.2 Å². The number of carbonyl (C=O) groups excluding carboxylic acids is 2. The third-order valence-electron chi connectivity index (χ3n) is 4.28. The number of fused-ring (bicyclic) bond motifs is 1. The lowest BCUT2D eigenvalue weighted by molar-refractivity contribution is 0.0844. The lowest BCUT2D eigenvalue weighted by Gasteiger charge is -2.15. The molecule has 0 saturated carbocycles. The van der Waals surface area contributed by atoms with E-state index in [0.29, 0.717) is 41.4 Å². The topological polar surface area (TPSA) is 122 Å². The third kappa shape index (κ3) is 5.19. The molecule has 1 heterocycles. The molecular weight excluding hydrogens is 400 g/mol. The molecule has 2 amide bonds. The summed E-state index contributed by atoms with van der Waals surface area (Å²) in [4.78, 5) is 36.9. The Morgan fingerprint density at radius 3 is 2.42 bits per heavy atom. The second kappa shape index (κ2) is 9.75. The Morgan fingerprint density at radius 2 is 1.71 bits per heavy atom. The van der Waals surface area contributed by atoms with E-state index in [1.54, 1.807) is 42.5 Å². The molecule has 0 spiro atoms. The van der Waals surface area contributed by atoms with Crippen molar-refractivity contribution in [3.63, 3.8) is 0 Å². The second-order valence-electron chi connectivity index (χ2n) is 7.15. The van der Waals surface area contributed by atoms with Crippen LogP contribution in [0.15, 0.2) is 47.3 Å². The Labute approximate surface area is 178 Å². The van der Waals surface area contributed by atoms with Gasteiger partial charge in [0.15, 0.2) is 17.2 Å². The first kappa shape index (κ1) is 21.8. The highest BCUT2D eigenvalue weighted by Crippen LogP contribution is 2.29. The van der Waals surface area contributed by atoms with Gasteiger partial charge in [0.1, 0.15) is 0 Å². The Hall–Kier alpha value is -3.88. The van der Waals surface area contributed by atoms with E-state index in [9.17, 15) is 14.4 Å². The SMILES string of the molecule is CCOc1cc(C(=O)NNC(=O)c2n[nH]c(=O)c3ccccc23)ccc1OCC(C)C. The highest BCUT2D eigenvalue weighted by atomic mass is 16.5. The van der Waals surface area contributed by atoms with Crippen molar-refractivity contribution in [1.29, 1.82) is 0 Å². The van der Waals surface area contributed by atoms with Gasteiger partial charge in [-0.3, -0.25) is 25.2 Å². The predicted molar refractivity (Wildman–Crippen MR) is 115 cm³/mol. The molecule has 3 rings (SSSR count). The first-order chi connectivity index (χ1) is 14.9. The van der Waals surface area contributed by atoms with E-state index < -0.39 is 17.4 Å². The zero-order valence-electron chi connectivity index (χ0n) is 17.5. The zero-order chi connectivity index (χ0) is 22.4. The summed E-state index contributed by atoms with van der Waals surface area (Å²) in [5.41, 5.74) is 4.53. The van der Waals surface area contributed by atoms with Gasteiger partial charge in [-0.2, -0.15) is 5.10 Å². The molecule has 1 aromatic heterocycles. The highest BCUT2D eigenvalue weighted by molar-refractivity contribution is 6.06. The van der Waals surface area contributed by atoms with Crippen LogP contribution in [0.2, 0.25) is 0 Å². The number of nitrogens with one attached hydrogen (secondary N) is 3. The van der Waals surface area contributed by atoms with Gasteiger partial charge in [-0.15, -0.1) is 0 Å². The van der Waals surface area contributed by atoms with Gasteiger partial charge in [0, 0.05) is 10.9 Å². The maximum atomic E-state index is 12.5. The number of benzene rings is 2. The van der Waals surface area contributed by atoms with E-state index in [1.807, 2.05) is 20.8 Å². The van der Waals surface area contributed by atoms with Crippen LogP contribution < -0.4 is 25.9 Å². The van der Waals surface area contributed by atoms with E-state index in [2.05, 4.69) is 21.0 Å². The summed E-state index contributed by atoms with van der Waals surface area (Å²) >= 11 is 0. The van der Waals surface area contributed by atoms with Crippen molar-refractivity contribution >= 4 is 22.6 Å². The van der Waals surface area contributed by atoms with Crippen molar-refractivity contribution in [1.82, 2.24) is 21.0 Å². The summed E-state index contributed by atoms with van der Waals surface area (Å²) in [5, 5.41) is 6.79. The summed E-state index contributed by atoms with van der Waals surface area (Å²) < 4.78 is 11.3. The van der Waals surface area contributed by atoms with Gasteiger partial charge < -0.3 is 9.47 Å². The maximum absolute atomic E-state index is 12.5. The number of nitrogens with zero attached hydrogens (tertiary/aromatic N) is 1. The van der Waals surface area contributed by atoms with Crippen molar-refractivity contribution < 1.29 is 19.1 Å². The van der Waals surface area contributed by atoms with E-state index in [1.165, 1.54) is 0 Å². The minimum Gasteiger partial charge on any atom is -0.490 e. The van der Waals surface area contributed by atoms with E-state index in [0.717, 1.165) is 0 Å². The maximum Gasteiger partial charge on any atom is 0.290 e. The molecule has 0 aliphatic rings. The van der Waals surface area contributed by atoms with Crippen LogP contribution in [0.4, 0.5) is 0 Å². The number of hydrazine groups is 1. The number of carbonyl (C=O) groups is 2. The predicted octanol–water partition coefficient (Wildman–Crippen LogP) is 2.43. The molecule has 9 nitrogen and oxygen atoms in total. The largest absolute Gasteiger partial charge is 0.490 e. The quantitative estimate of drug-likeness (QED) is 0.501. The molecule has 0 bridgehead atoms. The Morgan fingerprint density at radius 1 is 1.00 bits per heavy atom. The van der Waals surface area contributed by atoms with Gasteiger partial charge >= 0.3 is 0 Å². The number of amides is 2. The molecule has 0 radical (unpaired) electrons. The molecule has 0 atom stereocenters. The summed E-state index contributed by atoms with van der Waals surface area (Å²) in [6, 6.07) is 11.4. The van der Waals surface area contributed by atoms with Crippen LogP contribution in [0.3, 0.4) is 0 Å². The fraction of sp³-hybridized carbons (Fsp3) is 0.273. The Balaban J connectivity index is 1.73. The van der Waals surface area contributed by atoms with E-state index in [-0.39, 0.29) is 11.3 Å². The molecule has 31 heavy (non-hydrogen) atoms. The Bertz CT molecular complexity index is 1160. The number of aromatic amines is 1. The van der Waals surface area contributed by atoms with Crippen molar-refractivity contribution in [3.05, 3.63) is 64.1 Å². The van der Waals surface area contributed by atoms with Crippen LogP contribution in [-0.2, 0) is 0 Å². The monoisotopic (exact) mass is 424 g/mol. The molecule has 0 aliphatic carbocycles. The standard InChI is InChI=1S/C22H24N4O5/c1-4-30-18-11-14(9-10-17(18)31-12-13(2)3)20(27)24-26-22(29)19-15-7-5-6-8-16(15)21(28)25-23-19/h5-11,13H,4,12H2,1-3H3,(H,24,27)(H,25,28)(H,26,29). The van der Waals surface area contributed by atoms with Crippen molar-refractivity contribution in [2.45, 2.75) is 20.8 Å². The summed E-state index contributed by atoms with van der Waals surface area (Å²) in [6.07, 6.45) is 0. The number of hydrogen-bond donors (Lipinski definition) is 3. The summed E-state index contributed by atoms with van der Waals surface area (Å²) in [7, 11) is 0. The van der Waals surface area contributed by atoms with Crippen molar-refractivity contribution in [2.24, 2.45) is 5.92 Å². The summed E-state index contributed by atoms with van der Waals surface area (Å²) in [6.45, 7) is 6.82. The molecule has 9 heteroatoms. The molecular formula is C22H24N4O5. The minimum absolute atomic E-state index is 0.0112. The number of hydrogen-bond acceptors (Lipinski definition) is 6. The molecule has 3 N–H and O–H groups in total. The van der Waals surface area contributed by atoms with E-state index >= 15 is 0 Å². The number of ether oxygens (including phenoxy) is 2. The first-order valence-corrected chi connectivity index (χ1v) is 9.88. The normalized spacial score (nSPS) is 10.7. The molecule has 3 aromatic rings. The van der Waals surface area contributed by atoms with Gasteiger partial charge in [0.2, 0.25) is 0 Å². The first-order valence-electron chi connectivity index (χ1n) is 9.88. The van der Waals surface area contributed by atoms with Gasteiger partial charge in [-0.05, 0) is 37.1 Å². The fourth-order valence-corrected chi connectivity index (χ4v) is 2.83. The van der Waals surface area contributed by atoms with Gasteiger partial charge in [-0.1, -0.05) is 32.0 Å². The second-order valence-corrected chi connectivity index (χ2v) is 7.15. The average molecular weight is 424 g/mol. The zero-order valence-corrected chi connectivity index (χ0v) is 17.5. The van der Waals surface area contributed by atoms with Gasteiger partial charge in [0.05, 0.1) is 18.6 Å². The highest BCUT2D eigenvalue weighted by Gasteiger charge is 2.16. The Kier molecular flexibility index (Phi) is 6.86. The number of rotatable bonds is 7. The lowest BCUT2D eigenvalue weighted by atomic mass is 10.1. The molecule has 0 saturated heterocycles. The average Bonchev–Trinajstić information content (AvgIpc) is 2.77. The number of aromatic nitrogens is 2.